The molecule has 6 atom stereocenters. The summed E-state index contributed by atoms with van der Waals surface area (Å²) in [5.41, 5.74) is 0.984. The van der Waals surface area contributed by atoms with Crippen molar-refractivity contribution in [3.63, 3.8) is 0 Å². The highest BCUT2D eigenvalue weighted by atomic mass is 31.0. The zero-order chi connectivity index (χ0) is 19.4. The molecule has 0 saturated heterocycles. The minimum atomic E-state index is -1.31. The van der Waals surface area contributed by atoms with Crippen LogP contribution in [0.15, 0.2) is 23.3 Å². The van der Waals surface area contributed by atoms with Crippen molar-refractivity contribution in [2.45, 2.75) is 64.4 Å². The Bertz CT molecular complexity index is 746. The Morgan fingerprint density at radius 1 is 1.33 bits per heavy atom. The average molecular weight is 387 g/mol. The highest BCUT2D eigenvalue weighted by molar-refractivity contribution is 7.54. The molecular formula is C21H29BO4P. The summed E-state index contributed by atoms with van der Waals surface area (Å²) in [7, 11) is 3.75. The maximum absolute atomic E-state index is 12.8. The van der Waals surface area contributed by atoms with Gasteiger partial charge < -0.3 is 9.76 Å². The molecule has 0 heterocycles. The number of aliphatic hydroxyl groups is 1. The van der Waals surface area contributed by atoms with Crippen LogP contribution in [0, 0.1) is 22.7 Å². The highest BCUT2D eigenvalue weighted by Crippen LogP contribution is 2.65. The van der Waals surface area contributed by atoms with Crippen molar-refractivity contribution < 1.29 is 19.3 Å². The van der Waals surface area contributed by atoms with Gasteiger partial charge in [0.25, 0.3) is 0 Å². The first-order chi connectivity index (χ1) is 12.8. The second-order valence-corrected chi connectivity index (χ2v) is 9.54. The summed E-state index contributed by atoms with van der Waals surface area (Å²) in [6.45, 7) is 4.31. The van der Waals surface area contributed by atoms with E-state index in [2.05, 4.69) is 29.0 Å². The predicted octanol–water partition coefficient (Wildman–Crippen LogP) is 3.16. The molecule has 27 heavy (non-hydrogen) atoms. The lowest BCUT2D eigenvalue weighted by Crippen LogP contribution is -2.55. The third-order valence-electron chi connectivity index (χ3n) is 8.26. The lowest BCUT2D eigenvalue weighted by molar-refractivity contribution is -0.154. The summed E-state index contributed by atoms with van der Waals surface area (Å²) in [6, 6.07) is 0. The summed E-state index contributed by atoms with van der Waals surface area (Å²) >= 11 is 0. The van der Waals surface area contributed by atoms with Crippen molar-refractivity contribution in [3.8, 4) is 0 Å². The summed E-state index contributed by atoms with van der Waals surface area (Å²) in [4.78, 5) is 24.7. The van der Waals surface area contributed by atoms with Crippen molar-refractivity contribution >= 4 is 27.9 Å². The molecule has 0 aromatic carbocycles. The van der Waals surface area contributed by atoms with Crippen molar-refractivity contribution in [2.24, 2.45) is 22.7 Å². The Labute approximate surface area is 164 Å². The summed E-state index contributed by atoms with van der Waals surface area (Å²) in [5, 5.41) is 11.4. The van der Waals surface area contributed by atoms with Crippen LogP contribution in [0.2, 0.25) is 0 Å². The molecule has 4 rings (SSSR count). The van der Waals surface area contributed by atoms with Crippen LogP contribution in [-0.4, -0.2) is 36.1 Å². The monoisotopic (exact) mass is 387 g/mol. The molecule has 6 heteroatoms. The van der Waals surface area contributed by atoms with Crippen molar-refractivity contribution in [3.05, 3.63) is 23.3 Å². The quantitative estimate of drug-likeness (QED) is 0.457. The number of hydrogen-bond donors (Lipinski definition) is 1. The Morgan fingerprint density at radius 2 is 2.11 bits per heavy atom. The van der Waals surface area contributed by atoms with Crippen LogP contribution < -0.4 is 0 Å². The van der Waals surface area contributed by atoms with E-state index in [9.17, 15) is 14.7 Å². The fourth-order valence-electron chi connectivity index (χ4n) is 6.57. The van der Waals surface area contributed by atoms with E-state index in [4.69, 9.17) is 4.65 Å². The normalized spacial score (nSPS) is 43.2. The highest BCUT2D eigenvalue weighted by Gasteiger charge is 2.64. The van der Waals surface area contributed by atoms with Crippen molar-refractivity contribution in [1.82, 2.24) is 0 Å². The minimum Gasteiger partial charge on any atom is -0.428 e. The van der Waals surface area contributed by atoms with Crippen LogP contribution in [0.5, 0.6) is 0 Å². The maximum Gasteiger partial charge on any atom is 0.318 e. The largest absolute Gasteiger partial charge is 0.428 e. The fourth-order valence-corrected chi connectivity index (χ4v) is 6.67. The topological polar surface area (TPSA) is 63.6 Å². The number of hydrogen-bond acceptors (Lipinski definition) is 4. The Hall–Kier alpha value is -0.765. The molecule has 2 fully saturated rings. The smallest absolute Gasteiger partial charge is 0.318 e. The van der Waals surface area contributed by atoms with E-state index < -0.39 is 11.0 Å². The lowest BCUT2D eigenvalue weighted by Gasteiger charge is -2.54. The molecule has 1 radical (unpaired) electrons. The van der Waals surface area contributed by atoms with Gasteiger partial charge in [-0.2, -0.15) is 0 Å². The van der Waals surface area contributed by atoms with Gasteiger partial charge in [-0.25, -0.2) is 0 Å². The summed E-state index contributed by atoms with van der Waals surface area (Å²) in [5.74, 6) is 0.764. The molecule has 0 spiro atoms. The SMILES string of the molecule is C[C@]12CCC(=O)C=C1CC[C@@H]1C2=CC[C@@]2(C)[C@H]1CC[C@]2(O)C(=O)CO[B]P. The molecule has 0 amide bonds. The molecule has 145 valence electrons. The number of Topliss-reactive ketones (excluding diaryl/α,β-unsaturated/α-hetero) is 1. The number of fused-ring (bicyclic) bond motifs is 5. The molecule has 0 aliphatic heterocycles. The van der Waals surface area contributed by atoms with Crippen LogP contribution in [-0.2, 0) is 14.2 Å². The van der Waals surface area contributed by atoms with Crippen LogP contribution in [0.3, 0.4) is 0 Å². The first-order valence-electron chi connectivity index (χ1n) is 10.1. The van der Waals surface area contributed by atoms with Gasteiger partial charge in [0, 0.05) is 17.3 Å². The molecule has 4 aliphatic carbocycles. The Balaban J connectivity index is 1.68. The van der Waals surface area contributed by atoms with Gasteiger partial charge >= 0.3 is 7.20 Å². The van der Waals surface area contributed by atoms with Gasteiger partial charge in [0.1, 0.15) is 5.60 Å². The summed E-state index contributed by atoms with van der Waals surface area (Å²) < 4.78 is 5.17. The van der Waals surface area contributed by atoms with Gasteiger partial charge in [-0.3, -0.25) is 9.59 Å². The third-order valence-corrected chi connectivity index (χ3v) is 8.45. The van der Waals surface area contributed by atoms with E-state index in [-0.39, 0.29) is 23.6 Å². The van der Waals surface area contributed by atoms with Gasteiger partial charge in [0.2, 0.25) is 0 Å². The molecule has 4 aliphatic rings. The van der Waals surface area contributed by atoms with Gasteiger partial charge in [-0.15, -0.1) is 9.12 Å². The van der Waals surface area contributed by atoms with Crippen LogP contribution >= 0.6 is 9.12 Å². The van der Waals surface area contributed by atoms with Crippen molar-refractivity contribution in [2.75, 3.05) is 6.61 Å². The first-order valence-corrected chi connectivity index (χ1v) is 10.8. The first kappa shape index (κ1) is 19.5. The van der Waals surface area contributed by atoms with Crippen molar-refractivity contribution in [1.29, 1.82) is 0 Å². The Morgan fingerprint density at radius 3 is 2.85 bits per heavy atom. The number of carbonyl (C=O) groups excluding carboxylic acids is 2. The average Bonchev–Trinajstić information content (AvgIpc) is 2.92. The number of rotatable bonds is 4. The second-order valence-electron chi connectivity index (χ2n) is 9.27. The van der Waals surface area contributed by atoms with E-state index in [1.807, 2.05) is 6.08 Å². The fraction of sp³-hybridized carbons (Fsp3) is 0.714. The number of carbonyl (C=O) groups is 2. The zero-order valence-corrected chi connectivity index (χ0v) is 17.4. The second kappa shape index (κ2) is 6.64. The van der Waals surface area contributed by atoms with E-state index in [0.717, 1.165) is 25.7 Å². The standard InChI is InChI=1S/C21H29BO4P/c1-19-8-5-14(23)11-13(19)3-4-15-16(19)6-9-20(2)17(15)7-10-21(20,25)18(24)12-26-22-27/h6,11,15,17,25H,3-5,7-10,12,27H2,1-2H3/t15-,17+,19+,20+,21+/m1/s1. The van der Waals surface area contributed by atoms with Gasteiger partial charge in [-0.05, 0) is 56.4 Å². The molecule has 2 saturated carbocycles. The minimum absolute atomic E-state index is 0.0135. The lowest BCUT2D eigenvalue weighted by atomic mass is 9.50. The zero-order valence-electron chi connectivity index (χ0n) is 16.3. The molecule has 4 nitrogen and oxygen atoms in total. The van der Waals surface area contributed by atoms with Crippen LogP contribution in [0.4, 0.5) is 0 Å². The molecule has 1 unspecified atom stereocenters. The van der Waals surface area contributed by atoms with Gasteiger partial charge in [0.05, 0.1) is 6.61 Å². The molecule has 0 aromatic rings. The van der Waals surface area contributed by atoms with Gasteiger partial charge in [-0.1, -0.05) is 31.1 Å². The molecule has 1 N–H and O–H groups in total. The molecule has 0 aromatic heterocycles. The third kappa shape index (κ3) is 2.68. The van der Waals surface area contributed by atoms with Gasteiger partial charge in [0.15, 0.2) is 11.6 Å². The van der Waals surface area contributed by atoms with Crippen LogP contribution in [0.1, 0.15) is 58.8 Å². The van der Waals surface area contributed by atoms with E-state index in [1.165, 1.54) is 18.3 Å². The predicted molar refractivity (Wildman–Crippen MR) is 108 cm³/mol. The van der Waals surface area contributed by atoms with Crippen LogP contribution in [0.25, 0.3) is 0 Å². The summed E-state index contributed by atoms with van der Waals surface area (Å²) in [6.07, 6.45) is 9.78. The molecular weight excluding hydrogens is 358 g/mol. The number of allylic oxidation sites excluding steroid dienone is 4. The van der Waals surface area contributed by atoms with E-state index in [0.29, 0.717) is 31.1 Å². The molecule has 0 bridgehead atoms. The Kier molecular flexibility index (Phi) is 4.81. The number of ketones is 2. The maximum atomic E-state index is 12.8. The van der Waals surface area contributed by atoms with E-state index >= 15 is 0 Å². The van der Waals surface area contributed by atoms with E-state index in [1.54, 1.807) is 0 Å².